The summed E-state index contributed by atoms with van der Waals surface area (Å²) in [5.41, 5.74) is -0.666. The van der Waals surface area contributed by atoms with Gasteiger partial charge in [-0.15, -0.1) is 0 Å². The average Bonchev–Trinajstić information content (AvgIpc) is 1.99. The van der Waals surface area contributed by atoms with Gasteiger partial charge in [0.1, 0.15) is 0 Å². The van der Waals surface area contributed by atoms with E-state index in [2.05, 4.69) is 4.90 Å². The van der Waals surface area contributed by atoms with Gasteiger partial charge in [0, 0.05) is 19.6 Å². The van der Waals surface area contributed by atoms with Gasteiger partial charge in [0.25, 0.3) is 0 Å². The number of aliphatic carboxylic acids is 1. The molecule has 0 radical (unpaired) electrons. The zero-order valence-electron chi connectivity index (χ0n) is 9.87. The smallest absolute Gasteiger partial charge is 0.310 e. The van der Waals surface area contributed by atoms with Crippen LogP contribution in [0.3, 0.4) is 0 Å². The van der Waals surface area contributed by atoms with Crippen LogP contribution in [0, 0.1) is 5.41 Å². The van der Waals surface area contributed by atoms with E-state index in [0.29, 0.717) is 6.54 Å². The summed E-state index contributed by atoms with van der Waals surface area (Å²) in [5.74, 6) is -0.741. The maximum atomic E-state index is 10.9. The zero-order chi connectivity index (χ0) is 11.4. The SMILES string of the molecule is CN(C)CCN(C)CC(C)(C)C(=O)O. The summed E-state index contributed by atoms with van der Waals surface area (Å²) in [6.45, 7) is 5.93. The van der Waals surface area contributed by atoms with Gasteiger partial charge in [-0.3, -0.25) is 4.79 Å². The van der Waals surface area contributed by atoms with Crippen molar-refractivity contribution in [1.29, 1.82) is 0 Å². The second kappa shape index (κ2) is 5.32. The zero-order valence-corrected chi connectivity index (χ0v) is 9.87. The molecule has 14 heavy (non-hydrogen) atoms. The van der Waals surface area contributed by atoms with Gasteiger partial charge in [-0.25, -0.2) is 0 Å². The molecule has 0 fully saturated rings. The van der Waals surface area contributed by atoms with Crippen molar-refractivity contribution in [2.75, 3.05) is 40.8 Å². The number of hydrogen-bond acceptors (Lipinski definition) is 3. The molecule has 0 saturated heterocycles. The van der Waals surface area contributed by atoms with E-state index >= 15 is 0 Å². The molecule has 84 valence electrons. The molecule has 0 aliphatic carbocycles. The number of hydrogen-bond donors (Lipinski definition) is 1. The van der Waals surface area contributed by atoms with E-state index in [-0.39, 0.29) is 0 Å². The molecule has 1 N–H and O–H groups in total. The molecule has 0 aromatic heterocycles. The lowest BCUT2D eigenvalue weighted by Crippen LogP contribution is -2.39. The van der Waals surface area contributed by atoms with E-state index in [1.807, 2.05) is 26.0 Å². The van der Waals surface area contributed by atoms with E-state index in [1.54, 1.807) is 13.8 Å². The van der Waals surface area contributed by atoms with Crippen molar-refractivity contribution in [3.05, 3.63) is 0 Å². The minimum Gasteiger partial charge on any atom is -0.481 e. The molecule has 0 saturated carbocycles. The fourth-order valence-corrected chi connectivity index (χ4v) is 1.19. The summed E-state index contributed by atoms with van der Waals surface area (Å²) in [4.78, 5) is 15.0. The predicted octanol–water partition coefficient (Wildman–Crippen LogP) is 0.591. The summed E-state index contributed by atoms with van der Waals surface area (Å²) in [7, 11) is 5.97. The minimum absolute atomic E-state index is 0.580. The lowest BCUT2D eigenvalue weighted by atomic mass is 9.93. The molecule has 0 aromatic carbocycles. The summed E-state index contributed by atoms with van der Waals surface area (Å²) in [5, 5.41) is 8.93. The normalized spacial score (nSPS) is 12.5. The molecule has 4 nitrogen and oxygen atoms in total. The van der Waals surface area contributed by atoms with Gasteiger partial charge in [-0.1, -0.05) is 0 Å². The van der Waals surface area contributed by atoms with Crippen molar-refractivity contribution in [3.8, 4) is 0 Å². The molecule has 0 rings (SSSR count). The largest absolute Gasteiger partial charge is 0.481 e. The molecule has 0 aromatic rings. The Morgan fingerprint density at radius 1 is 1.21 bits per heavy atom. The lowest BCUT2D eigenvalue weighted by Gasteiger charge is -2.27. The number of carboxylic acids is 1. The first-order valence-electron chi connectivity index (χ1n) is 4.82. The molecule has 0 spiro atoms. The number of nitrogens with zero attached hydrogens (tertiary/aromatic N) is 2. The molecular weight excluding hydrogens is 180 g/mol. The highest BCUT2D eigenvalue weighted by Gasteiger charge is 2.28. The molecule has 0 bridgehead atoms. The molecular formula is C10H22N2O2. The van der Waals surface area contributed by atoms with Gasteiger partial charge >= 0.3 is 5.97 Å². The summed E-state index contributed by atoms with van der Waals surface area (Å²) >= 11 is 0. The molecule has 0 aliphatic heterocycles. The first-order chi connectivity index (χ1) is 6.25. The van der Waals surface area contributed by atoms with Gasteiger partial charge in [0.05, 0.1) is 5.41 Å². The number of carbonyl (C=O) groups is 1. The van der Waals surface area contributed by atoms with Crippen LogP contribution in [0.25, 0.3) is 0 Å². The number of rotatable bonds is 6. The van der Waals surface area contributed by atoms with Crippen molar-refractivity contribution >= 4 is 5.97 Å². The molecule has 0 unspecified atom stereocenters. The standard InChI is InChI=1S/C10H22N2O2/c1-10(2,9(13)14)8-12(5)7-6-11(3)4/h6-8H2,1-5H3,(H,13,14). The van der Waals surface area contributed by atoms with E-state index < -0.39 is 11.4 Å². The Morgan fingerprint density at radius 2 is 1.71 bits per heavy atom. The Hall–Kier alpha value is -0.610. The quantitative estimate of drug-likeness (QED) is 0.684. The van der Waals surface area contributed by atoms with E-state index in [1.165, 1.54) is 0 Å². The lowest BCUT2D eigenvalue weighted by molar-refractivity contribution is -0.147. The first-order valence-corrected chi connectivity index (χ1v) is 4.82. The average molecular weight is 202 g/mol. The van der Waals surface area contributed by atoms with Crippen LogP contribution in [0.1, 0.15) is 13.8 Å². The van der Waals surface area contributed by atoms with E-state index in [9.17, 15) is 4.79 Å². The monoisotopic (exact) mass is 202 g/mol. The van der Waals surface area contributed by atoms with Crippen molar-refractivity contribution < 1.29 is 9.90 Å². The Bertz CT molecular complexity index is 191. The third-order valence-corrected chi connectivity index (χ3v) is 2.17. The Morgan fingerprint density at radius 3 is 2.07 bits per heavy atom. The van der Waals surface area contributed by atoms with Crippen molar-refractivity contribution in [3.63, 3.8) is 0 Å². The van der Waals surface area contributed by atoms with Gasteiger partial charge in [-0.2, -0.15) is 0 Å². The predicted molar refractivity (Wildman–Crippen MR) is 57.5 cm³/mol. The van der Waals surface area contributed by atoms with Gasteiger partial charge in [0.2, 0.25) is 0 Å². The molecule has 0 atom stereocenters. The van der Waals surface area contributed by atoms with Crippen LogP contribution in [0.4, 0.5) is 0 Å². The van der Waals surface area contributed by atoms with Crippen LogP contribution in [0.2, 0.25) is 0 Å². The van der Waals surface area contributed by atoms with Crippen LogP contribution in [-0.2, 0) is 4.79 Å². The Balaban J connectivity index is 3.93. The van der Waals surface area contributed by atoms with Crippen LogP contribution < -0.4 is 0 Å². The highest BCUT2D eigenvalue weighted by atomic mass is 16.4. The number of carboxylic acid groups (broad SMARTS) is 1. The van der Waals surface area contributed by atoms with Gasteiger partial charge in [0.15, 0.2) is 0 Å². The molecule has 0 amide bonds. The van der Waals surface area contributed by atoms with Gasteiger partial charge in [-0.05, 0) is 35.0 Å². The second-order valence-corrected chi connectivity index (χ2v) is 4.73. The Kier molecular flexibility index (Phi) is 5.08. The number of likely N-dealkylation sites (N-methyl/N-ethyl adjacent to an activating group) is 2. The van der Waals surface area contributed by atoms with Crippen LogP contribution in [0.5, 0.6) is 0 Å². The maximum Gasteiger partial charge on any atom is 0.310 e. The highest BCUT2D eigenvalue weighted by molar-refractivity contribution is 5.73. The third kappa shape index (κ3) is 5.19. The van der Waals surface area contributed by atoms with Crippen molar-refractivity contribution in [2.24, 2.45) is 5.41 Å². The second-order valence-electron chi connectivity index (χ2n) is 4.73. The third-order valence-electron chi connectivity index (χ3n) is 2.17. The highest BCUT2D eigenvalue weighted by Crippen LogP contribution is 2.15. The van der Waals surface area contributed by atoms with Gasteiger partial charge < -0.3 is 14.9 Å². The molecule has 0 aliphatic rings. The van der Waals surface area contributed by atoms with E-state index in [4.69, 9.17) is 5.11 Å². The maximum absolute atomic E-state index is 10.9. The summed E-state index contributed by atoms with van der Waals surface area (Å²) < 4.78 is 0. The van der Waals surface area contributed by atoms with Crippen LogP contribution >= 0.6 is 0 Å². The topological polar surface area (TPSA) is 43.8 Å². The van der Waals surface area contributed by atoms with E-state index in [0.717, 1.165) is 13.1 Å². The first kappa shape index (κ1) is 13.4. The van der Waals surface area contributed by atoms with Crippen LogP contribution in [0.15, 0.2) is 0 Å². The van der Waals surface area contributed by atoms with Crippen molar-refractivity contribution in [1.82, 2.24) is 9.80 Å². The molecule has 0 heterocycles. The Labute approximate surface area is 86.5 Å². The summed E-state index contributed by atoms with van der Waals surface area (Å²) in [6, 6.07) is 0. The molecule has 4 heteroatoms. The van der Waals surface area contributed by atoms with Crippen LogP contribution in [-0.4, -0.2) is 61.7 Å². The van der Waals surface area contributed by atoms with Crippen molar-refractivity contribution in [2.45, 2.75) is 13.8 Å². The fraction of sp³-hybridized carbons (Fsp3) is 0.900. The minimum atomic E-state index is -0.741. The summed E-state index contributed by atoms with van der Waals surface area (Å²) in [6.07, 6.45) is 0. The fourth-order valence-electron chi connectivity index (χ4n) is 1.19.